The molecular formula is C63H122O17P2. The van der Waals surface area contributed by atoms with Gasteiger partial charge in [-0.25, -0.2) is 9.13 Å². The number of carbonyl (C=O) groups excluding carboxylic acids is 4. The highest BCUT2D eigenvalue weighted by Gasteiger charge is 2.30. The molecule has 486 valence electrons. The molecule has 0 saturated heterocycles. The van der Waals surface area contributed by atoms with E-state index in [-0.39, 0.29) is 25.7 Å². The van der Waals surface area contributed by atoms with Crippen LogP contribution in [0.1, 0.15) is 305 Å². The van der Waals surface area contributed by atoms with Gasteiger partial charge in [0.1, 0.15) is 19.3 Å². The van der Waals surface area contributed by atoms with Gasteiger partial charge in [-0.05, 0) is 43.4 Å². The van der Waals surface area contributed by atoms with Crippen molar-refractivity contribution in [2.24, 2.45) is 17.8 Å². The van der Waals surface area contributed by atoms with E-state index in [1.807, 2.05) is 0 Å². The summed E-state index contributed by atoms with van der Waals surface area (Å²) in [7, 11) is -9.88. The first-order valence-corrected chi connectivity index (χ1v) is 35.8. The second kappa shape index (κ2) is 54.5. The van der Waals surface area contributed by atoms with Crippen LogP contribution < -0.4 is 0 Å². The van der Waals surface area contributed by atoms with Gasteiger partial charge < -0.3 is 33.8 Å². The summed E-state index contributed by atoms with van der Waals surface area (Å²) in [6.07, 6.45) is 35.0. The number of aliphatic hydroxyl groups excluding tert-OH is 1. The Morgan fingerprint density at radius 3 is 0.829 bits per heavy atom. The lowest BCUT2D eigenvalue weighted by molar-refractivity contribution is -0.161. The van der Waals surface area contributed by atoms with Crippen LogP contribution in [0.4, 0.5) is 0 Å². The lowest BCUT2D eigenvalue weighted by atomic mass is 10.0. The van der Waals surface area contributed by atoms with Gasteiger partial charge >= 0.3 is 39.5 Å². The second-order valence-electron chi connectivity index (χ2n) is 24.2. The Bertz CT molecular complexity index is 1630. The molecule has 0 aliphatic carbocycles. The van der Waals surface area contributed by atoms with E-state index in [1.54, 1.807) is 0 Å². The number of hydrogen-bond donors (Lipinski definition) is 3. The Balaban J connectivity index is 5.25. The number of phosphoric acid groups is 2. The molecule has 0 saturated carbocycles. The molecule has 3 N–H and O–H groups in total. The zero-order valence-corrected chi connectivity index (χ0v) is 54.7. The third-order valence-corrected chi connectivity index (χ3v) is 16.3. The monoisotopic (exact) mass is 1210 g/mol. The first-order valence-electron chi connectivity index (χ1n) is 32.8. The van der Waals surface area contributed by atoms with Crippen molar-refractivity contribution in [1.29, 1.82) is 0 Å². The number of hydrogen-bond acceptors (Lipinski definition) is 15. The quantitative estimate of drug-likeness (QED) is 0.0222. The van der Waals surface area contributed by atoms with Gasteiger partial charge in [-0.2, -0.15) is 0 Å². The van der Waals surface area contributed by atoms with Crippen molar-refractivity contribution in [3.63, 3.8) is 0 Å². The van der Waals surface area contributed by atoms with Crippen molar-refractivity contribution in [3.05, 3.63) is 0 Å². The van der Waals surface area contributed by atoms with Crippen LogP contribution >= 0.6 is 15.6 Å². The summed E-state index contributed by atoms with van der Waals surface area (Å²) >= 11 is 0. The molecule has 0 radical (unpaired) electrons. The highest BCUT2D eigenvalue weighted by Crippen LogP contribution is 2.45. The van der Waals surface area contributed by atoms with Gasteiger partial charge in [-0.3, -0.25) is 37.3 Å². The Hall–Kier alpha value is -1.94. The van der Waals surface area contributed by atoms with Crippen molar-refractivity contribution < 1.29 is 80.2 Å². The number of phosphoric ester groups is 2. The first-order chi connectivity index (χ1) is 39.2. The molecule has 82 heavy (non-hydrogen) atoms. The van der Waals surface area contributed by atoms with Gasteiger partial charge in [-0.15, -0.1) is 0 Å². The van der Waals surface area contributed by atoms with E-state index in [0.717, 1.165) is 102 Å². The molecule has 0 aromatic rings. The van der Waals surface area contributed by atoms with Gasteiger partial charge in [0.2, 0.25) is 0 Å². The Kier molecular flexibility index (Phi) is 53.2. The molecule has 0 heterocycles. The molecular weight excluding hydrogens is 1090 g/mol. The third-order valence-electron chi connectivity index (χ3n) is 14.4. The van der Waals surface area contributed by atoms with Gasteiger partial charge in [-0.1, -0.05) is 254 Å². The van der Waals surface area contributed by atoms with Crippen LogP contribution in [0.25, 0.3) is 0 Å². The van der Waals surface area contributed by atoms with Crippen LogP contribution in [0.15, 0.2) is 0 Å². The summed E-state index contributed by atoms with van der Waals surface area (Å²) in [4.78, 5) is 72.1. The second-order valence-corrected chi connectivity index (χ2v) is 27.1. The van der Waals surface area contributed by atoms with Crippen LogP contribution in [-0.4, -0.2) is 96.7 Å². The third kappa shape index (κ3) is 57.2. The minimum Gasteiger partial charge on any atom is -0.462 e. The van der Waals surface area contributed by atoms with Crippen LogP contribution in [0.5, 0.6) is 0 Å². The Morgan fingerprint density at radius 2 is 0.561 bits per heavy atom. The van der Waals surface area contributed by atoms with Gasteiger partial charge in [0.25, 0.3) is 0 Å². The summed E-state index contributed by atoms with van der Waals surface area (Å²) in [5.41, 5.74) is 0. The fraction of sp³-hybridized carbons (Fsp3) is 0.937. The molecule has 0 fully saturated rings. The van der Waals surface area contributed by atoms with Crippen LogP contribution in [0, 0.1) is 17.8 Å². The fourth-order valence-electron chi connectivity index (χ4n) is 9.30. The van der Waals surface area contributed by atoms with E-state index in [2.05, 4.69) is 48.5 Å². The SMILES string of the molecule is CCCCCCCCCCCCCC(=O)OC[C@H](COP(=O)(O)OC[C@@H](O)COP(=O)(O)OC[C@@H](COC(=O)CCCCCCCCCC(C)C)OC(=O)CCCCCCCCCC(C)C)OC(=O)CCCCCCCCCCC(C)C. The van der Waals surface area contributed by atoms with Gasteiger partial charge in [0.05, 0.1) is 26.4 Å². The summed E-state index contributed by atoms with van der Waals surface area (Å²) in [6, 6.07) is 0. The highest BCUT2D eigenvalue weighted by molar-refractivity contribution is 7.47. The fourth-order valence-corrected chi connectivity index (χ4v) is 10.9. The molecule has 2 unspecified atom stereocenters. The molecule has 5 atom stereocenters. The van der Waals surface area contributed by atoms with Gasteiger partial charge in [0, 0.05) is 25.7 Å². The molecule has 0 spiro atoms. The number of carbonyl (C=O) groups is 4. The van der Waals surface area contributed by atoms with Crippen LogP contribution in [-0.2, 0) is 65.4 Å². The first kappa shape index (κ1) is 80.1. The zero-order valence-electron chi connectivity index (χ0n) is 52.9. The number of aliphatic hydroxyl groups is 1. The summed E-state index contributed by atoms with van der Waals surface area (Å²) in [6.45, 7) is 11.6. The van der Waals surface area contributed by atoms with E-state index in [4.69, 9.17) is 37.0 Å². The standard InChI is InChI=1S/C63H122O17P2/c1-8-9-10-11-12-13-14-15-23-30-37-44-60(65)73-50-58(79-62(67)46-39-32-24-17-16-20-27-34-41-54(2)3)52-77-81(69,70)75-48-57(64)49-76-82(71,72)78-53-59(80-63(68)47-40-33-26-19-22-29-36-43-56(6)7)51-74-61(66)45-38-31-25-18-21-28-35-42-55(4)5/h54-59,64H,8-53H2,1-7H3,(H,69,70)(H,71,72)/t57-,58-,59-/m1/s1. The molecule has 0 rings (SSSR count). The number of rotatable bonds is 61. The molecule has 0 aliphatic heterocycles. The average Bonchev–Trinajstić information content (AvgIpc) is 3.42. The van der Waals surface area contributed by atoms with E-state index in [1.165, 1.54) is 109 Å². The lowest BCUT2D eigenvalue weighted by Gasteiger charge is -2.21. The Labute approximate surface area is 498 Å². The summed E-state index contributed by atoms with van der Waals surface area (Å²) in [5.74, 6) is -0.0215. The summed E-state index contributed by atoms with van der Waals surface area (Å²) in [5, 5.41) is 10.5. The average molecular weight is 1210 g/mol. The maximum absolute atomic E-state index is 13.0. The largest absolute Gasteiger partial charge is 0.472 e. The maximum atomic E-state index is 13.0. The molecule has 0 aliphatic rings. The number of ether oxygens (including phenoxy) is 4. The number of unbranched alkanes of at least 4 members (excludes halogenated alkanes) is 29. The number of esters is 4. The van der Waals surface area contributed by atoms with E-state index >= 15 is 0 Å². The predicted molar refractivity (Wildman–Crippen MR) is 326 cm³/mol. The van der Waals surface area contributed by atoms with Crippen LogP contribution in [0.2, 0.25) is 0 Å². The maximum Gasteiger partial charge on any atom is 0.472 e. The van der Waals surface area contributed by atoms with Crippen molar-refractivity contribution in [2.45, 2.75) is 324 Å². The molecule has 0 amide bonds. The molecule has 0 aromatic heterocycles. The van der Waals surface area contributed by atoms with Gasteiger partial charge in [0.15, 0.2) is 12.2 Å². The molecule has 0 aromatic carbocycles. The Morgan fingerprint density at radius 1 is 0.329 bits per heavy atom. The van der Waals surface area contributed by atoms with Crippen LogP contribution in [0.3, 0.4) is 0 Å². The van der Waals surface area contributed by atoms with Crippen molar-refractivity contribution in [3.8, 4) is 0 Å². The van der Waals surface area contributed by atoms with E-state index in [9.17, 15) is 43.2 Å². The molecule has 19 heteroatoms. The van der Waals surface area contributed by atoms with Crippen molar-refractivity contribution >= 4 is 39.5 Å². The topological polar surface area (TPSA) is 237 Å². The van der Waals surface area contributed by atoms with E-state index < -0.39 is 97.5 Å². The smallest absolute Gasteiger partial charge is 0.462 e. The van der Waals surface area contributed by atoms with E-state index in [0.29, 0.717) is 37.5 Å². The normalized spacial score (nSPS) is 14.4. The minimum atomic E-state index is -4.94. The minimum absolute atomic E-state index is 0.102. The predicted octanol–water partition coefficient (Wildman–Crippen LogP) is 17.1. The lowest BCUT2D eigenvalue weighted by Crippen LogP contribution is -2.30. The summed E-state index contributed by atoms with van der Waals surface area (Å²) < 4.78 is 67.9. The highest BCUT2D eigenvalue weighted by atomic mass is 31.2. The zero-order chi connectivity index (χ0) is 61.0. The molecule has 17 nitrogen and oxygen atoms in total. The van der Waals surface area contributed by atoms with Crippen molar-refractivity contribution in [1.82, 2.24) is 0 Å². The van der Waals surface area contributed by atoms with Crippen molar-refractivity contribution in [2.75, 3.05) is 39.6 Å². The molecule has 0 bridgehead atoms.